The second kappa shape index (κ2) is 15.3. The van der Waals surface area contributed by atoms with E-state index in [1.807, 2.05) is 0 Å². The van der Waals surface area contributed by atoms with Gasteiger partial charge in [-0.1, -0.05) is 128 Å². The predicted molar refractivity (Wildman–Crippen MR) is 191 cm³/mol. The molecule has 47 heavy (non-hydrogen) atoms. The zero-order chi connectivity index (χ0) is 32.0. The van der Waals surface area contributed by atoms with Crippen molar-refractivity contribution >= 4 is 0 Å². The average Bonchev–Trinajstić information content (AvgIpc) is 3.49. The van der Waals surface area contributed by atoms with Crippen molar-refractivity contribution in [2.75, 3.05) is 13.6 Å². The number of rotatable bonds is 9. The van der Waals surface area contributed by atoms with Gasteiger partial charge in [0.15, 0.2) is 0 Å². The number of ether oxygens (including phenoxy) is 2. The first-order valence-corrected chi connectivity index (χ1v) is 18.1. The van der Waals surface area contributed by atoms with Gasteiger partial charge < -0.3 is 14.4 Å². The smallest absolute Gasteiger partial charge is 0.108 e. The summed E-state index contributed by atoms with van der Waals surface area (Å²) in [7, 11) is 2.28. The molecule has 0 saturated carbocycles. The zero-order valence-corrected chi connectivity index (χ0v) is 28.2. The fourth-order valence-electron chi connectivity index (χ4n) is 8.92. The van der Waals surface area contributed by atoms with Crippen molar-refractivity contribution < 1.29 is 9.47 Å². The van der Waals surface area contributed by atoms with Gasteiger partial charge >= 0.3 is 0 Å². The largest absolute Gasteiger partial charge is 0.365 e. The Morgan fingerprint density at radius 2 is 0.787 bits per heavy atom. The van der Waals surface area contributed by atoms with E-state index in [-0.39, 0.29) is 12.2 Å². The van der Waals surface area contributed by atoms with E-state index in [9.17, 15) is 0 Å². The Balaban J connectivity index is 0.000000150. The Morgan fingerprint density at radius 1 is 0.489 bits per heavy atom. The summed E-state index contributed by atoms with van der Waals surface area (Å²) < 4.78 is 13.4. The normalized spacial score (nSPS) is 27.1. The minimum absolute atomic E-state index is 0.0463. The van der Waals surface area contributed by atoms with Crippen molar-refractivity contribution in [1.82, 2.24) is 9.80 Å². The molecule has 2 unspecified atom stereocenters. The van der Waals surface area contributed by atoms with Crippen molar-refractivity contribution in [2.24, 2.45) is 0 Å². The van der Waals surface area contributed by atoms with Crippen LogP contribution in [0.4, 0.5) is 0 Å². The van der Waals surface area contributed by atoms with E-state index in [0.29, 0.717) is 24.3 Å². The van der Waals surface area contributed by atoms with Gasteiger partial charge in [-0.2, -0.15) is 0 Å². The summed E-state index contributed by atoms with van der Waals surface area (Å²) in [5.41, 5.74) is 5.03. The summed E-state index contributed by atoms with van der Waals surface area (Å²) in [5.74, 6) is 0. The lowest BCUT2D eigenvalue weighted by molar-refractivity contribution is -0.0470. The number of benzene rings is 4. The zero-order valence-electron chi connectivity index (χ0n) is 28.2. The molecule has 4 bridgehead atoms. The number of fused-ring (bicyclic) bond motifs is 4. The molecule has 4 nitrogen and oxygen atoms in total. The Labute approximate surface area is 282 Å². The molecule has 4 aromatic rings. The van der Waals surface area contributed by atoms with E-state index in [1.165, 1.54) is 80.2 Å². The van der Waals surface area contributed by atoms with Gasteiger partial charge in [0.25, 0.3) is 0 Å². The molecule has 0 aliphatic carbocycles. The SMILES string of the molecule is CCN1[C@@H]2CC[C@H]1CC(OC(c1ccccc1)c1ccccc1)C2.CN1[C@@H]2CC[C@H]1CC(OC(c1ccccc1)c1ccccc1)C2. The number of hydrogen-bond acceptors (Lipinski definition) is 4. The molecule has 8 rings (SSSR count). The van der Waals surface area contributed by atoms with Gasteiger partial charge in [0.1, 0.15) is 12.2 Å². The van der Waals surface area contributed by atoms with E-state index >= 15 is 0 Å². The maximum atomic E-state index is 6.71. The molecule has 4 fully saturated rings. The molecule has 246 valence electrons. The molecule has 4 aromatic carbocycles. The van der Waals surface area contributed by atoms with Gasteiger partial charge in [-0.25, -0.2) is 0 Å². The molecule has 4 heterocycles. The van der Waals surface area contributed by atoms with E-state index in [2.05, 4.69) is 145 Å². The van der Waals surface area contributed by atoms with Crippen LogP contribution in [-0.4, -0.2) is 59.8 Å². The molecule has 4 aliphatic rings. The van der Waals surface area contributed by atoms with Gasteiger partial charge in [0, 0.05) is 24.2 Å². The second-order valence-corrected chi connectivity index (χ2v) is 14.1. The molecule has 0 radical (unpaired) electrons. The van der Waals surface area contributed by atoms with Crippen LogP contribution in [-0.2, 0) is 9.47 Å². The quantitative estimate of drug-likeness (QED) is 0.185. The molecule has 0 aromatic heterocycles. The van der Waals surface area contributed by atoms with E-state index in [1.54, 1.807) is 0 Å². The minimum Gasteiger partial charge on any atom is -0.365 e. The third-order valence-corrected chi connectivity index (χ3v) is 11.3. The lowest BCUT2D eigenvalue weighted by atomic mass is 9.97. The molecular formula is C43H52N2O2. The third-order valence-electron chi connectivity index (χ3n) is 11.3. The van der Waals surface area contributed by atoms with E-state index < -0.39 is 0 Å². The Hall–Kier alpha value is -3.28. The highest BCUT2D eigenvalue weighted by Gasteiger charge is 2.41. The highest BCUT2D eigenvalue weighted by molar-refractivity contribution is 5.31. The maximum absolute atomic E-state index is 6.71. The first-order valence-electron chi connectivity index (χ1n) is 18.1. The third kappa shape index (κ3) is 7.57. The summed E-state index contributed by atoms with van der Waals surface area (Å²) in [6, 6.07) is 45.5. The van der Waals surface area contributed by atoms with Crippen molar-refractivity contribution in [3.05, 3.63) is 144 Å². The van der Waals surface area contributed by atoms with E-state index in [4.69, 9.17) is 9.47 Å². The minimum atomic E-state index is 0.0463. The topological polar surface area (TPSA) is 24.9 Å². The van der Waals surface area contributed by atoms with Gasteiger partial charge in [-0.05, 0) is 87.2 Å². The fourth-order valence-corrected chi connectivity index (χ4v) is 8.92. The standard InChI is InChI=1S/C22H27NO.C21H25NO/c1-2-23-19-13-14-20(23)16-21(15-19)24-22(17-9-5-3-6-10-17)18-11-7-4-8-12-18;1-22-18-12-13-19(22)15-20(14-18)23-21(16-8-4-2-5-9-16)17-10-6-3-7-11-17/h3-12,19-22H,2,13-16H2,1H3;2-11,18-21H,12-15H2,1H3/t19-,20+,21?;18-,19+,20?. The summed E-state index contributed by atoms with van der Waals surface area (Å²) >= 11 is 0. The average molecular weight is 629 g/mol. The van der Waals surface area contributed by atoms with Crippen molar-refractivity contribution in [3.63, 3.8) is 0 Å². The lowest BCUT2D eigenvalue weighted by Crippen LogP contribution is -2.45. The van der Waals surface area contributed by atoms with Crippen LogP contribution in [0, 0.1) is 0 Å². The fraction of sp³-hybridized carbons (Fsp3) is 0.442. The van der Waals surface area contributed by atoms with Gasteiger partial charge in [0.05, 0.1) is 12.2 Å². The highest BCUT2D eigenvalue weighted by atomic mass is 16.5. The van der Waals surface area contributed by atoms with Crippen LogP contribution in [0.15, 0.2) is 121 Å². The van der Waals surface area contributed by atoms with Gasteiger partial charge in [-0.3, -0.25) is 4.90 Å². The van der Waals surface area contributed by atoms with Crippen molar-refractivity contribution in [3.8, 4) is 0 Å². The van der Waals surface area contributed by atoms with Gasteiger partial charge in [-0.15, -0.1) is 0 Å². The lowest BCUT2D eigenvalue weighted by Gasteiger charge is -2.39. The number of piperidine rings is 2. The summed E-state index contributed by atoms with van der Waals surface area (Å²) in [6.07, 6.45) is 10.9. The molecule has 4 aliphatic heterocycles. The van der Waals surface area contributed by atoms with Crippen LogP contribution in [0.5, 0.6) is 0 Å². The summed E-state index contributed by atoms with van der Waals surface area (Å²) in [5, 5.41) is 0. The Morgan fingerprint density at radius 3 is 1.11 bits per heavy atom. The van der Waals surface area contributed by atoms with Crippen molar-refractivity contribution in [2.45, 2.75) is 107 Å². The van der Waals surface area contributed by atoms with Gasteiger partial charge in [0.2, 0.25) is 0 Å². The van der Waals surface area contributed by atoms with Crippen LogP contribution < -0.4 is 0 Å². The molecule has 4 heteroatoms. The summed E-state index contributed by atoms with van der Waals surface area (Å²) in [4.78, 5) is 5.26. The monoisotopic (exact) mass is 628 g/mol. The molecule has 0 amide bonds. The molecular weight excluding hydrogens is 576 g/mol. The first kappa shape index (κ1) is 32.3. The molecule has 4 saturated heterocycles. The predicted octanol–water partition coefficient (Wildman–Crippen LogP) is 9.23. The first-order chi connectivity index (χ1) is 23.2. The number of nitrogens with zero attached hydrogens (tertiary/aromatic N) is 2. The van der Waals surface area contributed by atoms with Crippen LogP contribution in [0.3, 0.4) is 0 Å². The molecule has 0 spiro atoms. The van der Waals surface area contributed by atoms with E-state index in [0.717, 1.165) is 12.1 Å². The Kier molecular flexibility index (Phi) is 10.5. The highest BCUT2D eigenvalue weighted by Crippen LogP contribution is 2.40. The van der Waals surface area contributed by atoms with Crippen LogP contribution >= 0.6 is 0 Å². The Bertz CT molecular complexity index is 1390. The second-order valence-electron chi connectivity index (χ2n) is 14.1. The van der Waals surface area contributed by atoms with Crippen LogP contribution in [0.25, 0.3) is 0 Å². The van der Waals surface area contributed by atoms with Crippen LogP contribution in [0.2, 0.25) is 0 Å². The van der Waals surface area contributed by atoms with Crippen LogP contribution in [0.1, 0.15) is 92.8 Å². The number of hydrogen-bond donors (Lipinski definition) is 0. The maximum Gasteiger partial charge on any atom is 0.108 e. The summed E-state index contributed by atoms with van der Waals surface area (Å²) in [6.45, 7) is 3.48. The molecule has 6 atom stereocenters. The molecule has 0 N–H and O–H groups in total. The van der Waals surface area contributed by atoms with Crippen molar-refractivity contribution in [1.29, 1.82) is 0 Å².